The maximum absolute atomic E-state index is 5.32. The molecule has 1 aliphatic heterocycles. The fourth-order valence-corrected chi connectivity index (χ4v) is 2.32. The van der Waals surface area contributed by atoms with E-state index in [0.717, 1.165) is 13.2 Å². The largest absolute Gasteiger partial charge is 0.379 e. The molecule has 3 rings (SSSR count). The summed E-state index contributed by atoms with van der Waals surface area (Å²) in [6.07, 6.45) is 0. The van der Waals surface area contributed by atoms with Crippen molar-refractivity contribution in [2.75, 3.05) is 13.2 Å². The molecule has 0 spiro atoms. The number of hydrogen-bond acceptors (Lipinski definition) is 1. The van der Waals surface area contributed by atoms with E-state index in [0.29, 0.717) is 0 Å². The predicted molar refractivity (Wildman–Crippen MR) is 66.9 cm³/mol. The van der Waals surface area contributed by atoms with E-state index >= 15 is 0 Å². The highest BCUT2D eigenvalue weighted by molar-refractivity contribution is 5.84. The minimum Gasteiger partial charge on any atom is -0.379 e. The zero-order chi connectivity index (χ0) is 11.2. The van der Waals surface area contributed by atoms with Crippen LogP contribution in [0.5, 0.6) is 0 Å². The van der Waals surface area contributed by atoms with Gasteiger partial charge in [-0.1, -0.05) is 48.9 Å². The molecule has 1 heterocycles. The van der Waals surface area contributed by atoms with Crippen LogP contribution in [0.3, 0.4) is 0 Å². The molecule has 1 nitrogen and oxygen atoms in total. The van der Waals surface area contributed by atoms with E-state index in [2.05, 4.69) is 50.2 Å². The van der Waals surface area contributed by atoms with E-state index in [4.69, 9.17) is 4.74 Å². The molecule has 1 saturated heterocycles. The highest BCUT2D eigenvalue weighted by atomic mass is 16.5. The van der Waals surface area contributed by atoms with Crippen molar-refractivity contribution >= 4 is 10.8 Å². The van der Waals surface area contributed by atoms with E-state index in [-0.39, 0.29) is 5.41 Å². The van der Waals surface area contributed by atoms with Crippen LogP contribution in [0.4, 0.5) is 0 Å². The zero-order valence-corrected chi connectivity index (χ0v) is 9.79. The molecule has 0 unspecified atom stereocenters. The molecule has 0 bridgehead atoms. The first-order valence-electron chi connectivity index (χ1n) is 5.76. The summed E-state index contributed by atoms with van der Waals surface area (Å²) in [6.45, 7) is 6.11. The minimum atomic E-state index is 0.235. The second kappa shape index (κ2) is 3.33. The standard InChI is InChI=1S/C15H16O/c1-11-3-4-13-8-14(6-5-12(13)7-11)15(2)9-16-10-15/h3-8H,9-10H2,1-2H3. The normalized spacial score (nSPS) is 18.4. The van der Waals surface area contributed by atoms with Gasteiger partial charge in [-0.05, 0) is 23.3 Å². The van der Waals surface area contributed by atoms with E-state index in [1.807, 2.05) is 0 Å². The van der Waals surface area contributed by atoms with Gasteiger partial charge < -0.3 is 4.74 Å². The monoisotopic (exact) mass is 212 g/mol. The summed E-state index contributed by atoms with van der Waals surface area (Å²) in [5.74, 6) is 0. The van der Waals surface area contributed by atoms with Crippen LogP contribution < -0.4 is 0 Å². The van der Waals surface area contributed by atoms with Gasteiger partial charge in [-0.25, -0.2) is 0 Å². The topological polar surface area (TPSA) is 9.23 Å². The van der Waals surface area contributed by atoms with Crippen molar-refractivity contribution in [2.24, 2.45) is 0 Å². The van der Waals surface area contributed by atoms with Crippen LogP contribution in [0.1, 0.15) is 18.1 Å². The van der Waals surface area contributed by atoms with Gasteiger partial charge >= 0.3 is 0 Å². The minimum absolute atomic E-state index is 0.235. The lowest BCUT2D eigenvalue weighted by molar-refractivity contribution is -0.0499. The van der Waals surface area contributed by atoms with Crippen LogP contribution >= 0.6 is 0 Å². The van der Waals surface area contributed by atoms with Gasteiger partial charge in [0.05, 0.1) is 13.2 Å². The highest BCUT2D eigenvalue weighted by Crippen LogP contribution is 2.33. The summed E-state index contributed by atoms with van der Waals surface area (Å²) in [5, 5.41) is 2.66. The smallest absolute Gasteiger partial charge is 0.0582 e. The molecule has 0 N–H and O–H groups in total. The van der Waals surface area contributed by atoms with E-state index in [9.17, 15) is 0 Å². The molecule has 2 aromatic carbocycles. The van der Waals surface area contributed by atoms with Crippen LogP contribution in [-0.4, -0.2) is 13.2 Å². The van der Waals surface area contributed by atoms with Crippen LogP contribution in [0.25, 0.3) is 10.8 Å². The average Bonchev–Trinajstić information content (AvgIpc) is 2.25. The Balaban J connectivity index is 2.12. The molecule has 0 atom stereocenters. The van der Waals surface area contributed by atoms with Crippen molar-refractivity contribution in [1.29, 1.82) is 0 Å². The summed E-state index contributed by atoms with van der Waals surface area (Å²) in [7, 11) is 0. The molecule has 0 saturated carbocycles. The number of aryl methyl sites for hydroxylation is 1. The summed E-state index contributed by atoms with van der Waals surface area (Å²) in [6, 6.07) is 13.4. The maximum Gasteiger partial charge on any atom is 0.0582 e. The lowest BCUT2D eigenvalue weighted by Gasteiger charge is -2.38. The zero-order valence-electron chi connectivity index (χ0n) is 9.79. The summed E-state index contributed by atoms with van der Waals surface area (Å²) in [4.78, 5) is 0. The Hall–Kier alpha value is -1.34. The van der Waals surface area contributed by atoms with E-state index in [1.165, 1.54) is 21.9 Å². The van der Waals surface area contributed by atoms with E-state index in [1.54, 1.807) is 0 Å². The Bertz CT molecular complexity index is 538. The fraction of sp³-hybridized carbons (Fsp3) is 0.333. The highest BCUT2D eigenvalue weighted by Gasteiger charge is 2.35. The lowest BCUT2D eigenvalue weighted by atomic mass is 9.80. The van der Waals surface area contributed by atoms with Crippen molar-refractivity contribution in [3.63, 3.8) is 0 Å². The van der Waals surface area contributed by atoms with Crippen LogP contribution in [0.15, 0.2) is 36.4 Å². The Morgan fingerprint density at radius 3 is 2.38 bits per heavy atom. The summed E-state index contributed by atoms with van der Waals surface area (Å²) < 4.78 is 5.32. The maximum atomic E-state index is 5.32. The van der Waals surface area contributed by atoms with Crippen LogP contribution in [0.2, 0.25) is 0 Å². The first-order chi connectivity index (χ1) is 7.67. The molecular formula is C15H16O. The Labute approximate surface area is 96.0 Å². The molecule has 0 radical (unpaired) electrons. The summed E-state index contributed by atoms with van der Waals surface area (Å²) in [5.41, 5.74) is 2.95. The third-order valence-electron chi connectivity index (χ3n) is 3.53. The average molecular weight is 212 g/mol. The number of hydrogen-bond donors (Lipinski definition) is 0. The molecule has 1 aliphatic rings. The second-order valence-electron chi connectivity index (χ2n) is 5.12. The third-order valence-corrected chi connectivity index (χ3v) is 3.53. The van der Waals surface area contributed by atoms with Gasteiger partial charge in [-0.15, -0.1) is 0 Å². The van der Waals surface area contributed by atoms with Gasteiger partial charge in [0.25, 0.3) is 0 Å². The lowest BCUT2D eigenvalue weighted by Crippen LogP contribution is -2.43. The number of benzene rings is 2. The molecule has 16 heavy (non-hydrogen) atoms. The number of ether oxygens (including phenoxy) is 1. The first-order valence-corrected chi connectivity index (χ1v) is 5.76. The molecular weight excluding hydrogens is 196 g/mol. The Morgan fingerprint density at radius 1 is 1.00 bits per heavy atom. The van der Waals surface area contributed by atoms with E-state index < -0.39 is 0 Å². The molecule has 0 aliphatic carbocycles. The van der Waals surface area contributed by atoms with Gasteiger partial charge in [0.15, 0.2) is 0 Å². The van der Waals surface area contributed by atoms with Crippen molar-refractivity contribution < 1.29 is 4.74 Å². The molecule has 2 aromatic rings. The van der Waals surface area contributed by atoms with Crippen LogP contribution in [0, 0.1) is 6.92 Å². The van der Waals surface area contributed by atoms with Gasteiger partial charge in [0, 0.05) is 5.41 Å². The first kappa shape index (κ1) is 9.86. The van der Waals surface area contributed by atoms with Gasteiger partial charge in [0.2, 0.25) is 0 Å². The Kier molecular flexibility index (Phi) is 2.05. The van der Waals surface area contributed by atoms with Gasteiger partial charge in [0.1, 0.15) is 0 Å². The third kappa shape index (κ3) is 1.43. The number of fused-ring (bicyclic) bond motifs is 1. The van der Waals surface area contributed by atoms with Crippen molar-refractivity contribution in [2.45, 2.75) is 19.3 Å². The van der Waals surface area contributed by atoms with Gasteiger partial charge in [-0.2, -0.15) is 0 Å². The predicted octanol–water partition coefficient (Wildman–Crippen LogP) is 3.44. The molecule has 0 aromatic heterocycles. The van der Waals surface area contributed by atoms with Crippen molar-refractivity contribution in [3.8, 4) is 0 Å². The molecule has 0 amide bonds. The van der Waals surface area contributed by atoms with Crippen LogP contribution in [-0.2, 0) is 10.2 Å². The second-order valence-corrected chi connectivity index (χ2v) is 5.12. The Morgan fingerprint density at radius 2 is 1.69 bits per heavy atom. The molecule has 82 valence electrons. The van der Waals surface area contributed by atoms with Gasteiger partial charge in [-0.3, -0.25) is 0 Å². The van der Waals surface area contributed by atoms with Crippen molar-refractivity contribution in [1.82, 2.24) is 0 Å². The number of rotatable bonds is 1. The van der Waals surface area contributed by atoms with Crippen molar-refractivity contribution in [3.05, 3.63) is 47.5 Å². The molecule has 1 heteroatoms. The molecule has 1 fully saturated rings. The summed E-state index contributed by atoms with van der Waals surface area (Å²) >= 11 is 0. The fourth-order valence-electron chi connectivity index (χ4n) is 2.32. The quantitative estimate of drug-likeness (QED) is 0.703. The SMILES string of the molecule is Cc1ccc2cc(C3(C)COC3)ccc2c1.